The average Bonchev–Trinajstić information content (AvgIpc) is 3.65. The Balaban J connectivity index is 1.28. The van der Waals surface area contributed by atoms with Gasteiger partial charge in [0.15, 0.2) is 0 Å². The molecule has 0 saturated heterocycles. The summed E-state index contributed by atoms with van der Waals surface area (Å²) in [5, 5.41) is 18.0. The monoisotopic (exact) mass is 541 g/mol. The van der Waals surface area contributed by atoms with Crippen LogP contribution in [0.15, 0.2) is 83.7 Å². The summed E-state index contributed by atoms with van der Waals surface area (Å²) in [5.41, 5.74) is 3.94. The number of aromatic amines is 2. The fourth-order valence-electron chi connectivity index (χ4n) is 4.16. The Bertz CT molecular complexity index is 1620. The number of aliphatic imine (C=N–C) groups is 1. The molecule has 0 saturated carbocycles. The van der Waals surface area contributed by atoms with Crippen LogP contribution in [0.4, 0.5) is 0 Å². The van der Waals surface area contributed by atoms with Gasteiger partial charge in [0.05, 0.1) is 27.8 Å². The molecule has 10 heteroatoms. The fourth-order valence-corrected chi connectivity index (χ4v) is 4.90. The average molecular weight is 542 g/mol. The van der Waals surface area contributed by atoms with E-state index in [4.69, 9.17) is 12.2 Å². The summed E-state index contributed by atoms with van der Waals surface area (Å²) in [7, 11) is 0. The first kappa shape index (κ1) is 25.5. The molecule has 1 atom stereocenters. The second-order valence-corrected chi connectivity index (χ2v) is 10.0. The molecule has 0 aliphatic heterocycles. The van der Waals surface area contributed by atoms with Crippen LogP contribution in [0.25, 0.3) is 22.0 Å². The predicted octanol–water partition coefficient (Wildman–Crippen LogP) is 5.19. The van der Waals surface area contributed by atoms with Gasteiger partial charge in [-0.25, -0.2) is 4.98 Å². The van der Waals surface area contributed by atoms with Gasteiger partial charge < -0.3 is 20.4 Å². The standard InChI is InChI=1S/C28H26N6O2S2/c35-26(21-8-5-13-31-28(21)37)30-12-4-3-9-22(34-27(36)24-16-29-17-38-24)25-32-15-23(33-25)20-11-10-18-6-1-2-7-19(18)14-20/h1-2,5-8,10-11,13-17,22H,3-4,9,12H2,(H,30,35)(H,31,37)(H,32,33)(H,34,36)/p-1. The highest BCUT2D eigenvalue weighted by atomic mass is 32.1. The lowest BCUT2D eigenvalue weighted by molar-refractivity contribution is -0.213. The van der Waals surface area contributed by atoms with E-state index in [1.54, 1.807) is 30.0 Å². The molecular formula is C28H25N6O2S2-. The predicted molar refractivity (Wildman–Crippen MR) is 151 cm³/mol. The fraction of sp³-hybridized carbons (Fsp3) is 0.179. The number of H-pyrrole nitrogens is 2. The molecule has 2 aromatic carbocycles. The Morgan fingerprint density at radius 3 is 2.79 bits per heavy atom. The Morgan fingerprint density at radius 2 is 1.97 bits per heavy atom. The first-order valence-electron chi connectivity index (χ1n) is 12.2. The zero-order valence-electron chi connectivity index (χ0n) is 20.4. The maximum atomic E-state index is 12.8. The zero-order valence-corrected chi connectivity index (χ0v) is 22.0. The van der Waals surface area contributed by atoms with E-state index in [-0.39, 0.29) is 11.8 Å². The quantitative estimate of drug-likeness (QED) is 0.0972. The Hall–Kier alpha value is -4.15. The van der Waals surface area contributed by atoms with Crippen LogP contribution in [0, 0.1) is 4.64 Å². The second kappa shape index (κ2) is 11.9. The molecule has 0 bridgehead atoms. The van der Waals surface area contributed by atoms with Crippen molar-refractivity contribution in [3.05, 3.63) is 99.6 Å². The van der Waals surface area contributed by atoms with Gasteiger partial charge in [0, 0.05) is 30.4 Å². The molecular weight excluding hydrogens is 516 g/mol. The van der Waals surface area contributed by atoms with Crippen LogP contribution >= 0.6 is 23.6 Å². The Morgan fingerprint density at radius 1 is 1.11 bits per heavy atom. The lowest BCUT2D eigenvalue weighted by Crippen LogP contribution is -2.25. The summed E-state index contributed by atoms with van der Waals surface area (Å²) >= 11 is 6.44. The van der Waals surface area contributed by atoms with E-state index in [9.17, 15) is 9.90 Å². The van der Waals surface area contributed by atoms with Crippen molar-refractivity contribution in [1.29, 1.82) is 0 Å². The van der Waals surface area contributed by atoms with Gasteiger partial charge in [-0.15, -0.1) is 11.3 Å². The van der Waals surface area contributed by atoms with Crippen LogP contribution in [-0.2, 0) is 0 Å². The highest BCUT2D eigenvalue weighted by Crippen LogP contribution is 2.27. The number of aromatic nitrogens is 4. The molecule has 3 N–H and O–H groups in total. The Labute approximate surface area is 228 Å². The van der Waals surface area contributed by atoms with E-state index in [2.05, 4.69) is 60.6 Å². The number of amides is 1. The third kappa shape index (κ3) is 6.04. The number of benzene rings is 2. The molecule has 8 nitrogen and oxygen atoms in total. The zero-order chi connectivity index (χ0) is 26.3. The molecule has 3 aromatic heterocycles. The van der Waals surface area contributed by atoms with Crippen molar-refractivity contribution in [1.82, 2.24) is 25.3 Å². The largest absolute Gasteiger partial charge is 0.858 e. The van der Waals surface area contributed by atoms with Gasteiger partial charge in [-0.3, -0.25) is 14.8 Å². The van der Waals surface area contributed by atoms with Crippen molar-refractivity contribution >= 4 is 46.1 Å². The molecule has 0 radical (unpaired) electrons. The minimum Gasteiger partial charge on any atom is -0.858 e. The van der Waals surface area contributed by atoms with Crippen LogP contribution in [-0.4, -0.2) is 38.3 Å². The summed E-state index contributed by atoms with van der Waals surface area (Å²) in [4.78, 5) is 32.2. The lowest BCUT2D eigenvalue weighted by Gasteiger charge is -2.15. The summed E-state index contributed by atoms with van der Waals surface area (Å²) in [6.07, 6.45) is 7.04. The van der Waals surface area contributed by atoms with Crippen molar-refractivity contribution in [3.8, 4) is 11.3 Å². The van der Waals surface area contributed by atoms with E-state index < -0.39 is 6.04 Å². The molecule has 1 amide bonds. The van der Waals surface area contributed by atoms with Gasteiger partial charge in [0.25, 0.3) is 5.91 Å². The maximum Gasteiger partial charge on any atom is 0.254 e. The van der Waals surface area contributed by atoms with Crippen molar-refractivity contribution in [2.75, 3.05) is 6.54 Å². The van der Waals surface area contributed by atoms with Gasteiger partial charge in [0.2, 0.25) is 0 Å². The topological polar surface area (TPSA) is 122 Å². The van der Waals surface area contributed by atoms with Crippen LogP contribution in [0.3, 0.4) is 0 Å². The van der Waals surface area contributed by atoms with E-state index in [1.807, 2.05) is 12.1 Å². The molecule has 0 spiro atoms. The van der Waals surface area contributed by atoms with Crippen molar-refractivity contribution < 1.29 is 9.90 Å². The number of fused-ring (bicyclic) bond motifs is 1. The smallest absolute Gasteiger partial charge is 0.254 e. The molecule has 38 heavy (non-hydrogen) atoms. The first-order chi connectivity index (χ1) is 18.6. The normalized spacial score (nSPS) is 12.5. The molecule has 5 aromatic rings. The summed E-state index contributed by atoms with van der Waals surface area (Å²) in [5.74, 6) is 0.109. The molecule has 192 valence electrons. The van der Waals surface area contributed by atoms with Crippen LogP contribution in [0.1, 0.15) is 46.4 Å². The number of carbonyl (C=O) groups is 1. The third-order valence-corrected chi connectivity index (χ3v) is 7.24. The van der Waals surface area contributed by atoms with E-state index in [1.165, 1.54) is 22.9 Å². The number of thiazole rings is 1. The number of carbonyl (C=O) groups excluding carboxylic acids is 1. The SMILES string of the molecule is O=C(NCCCCC(N=C([O-])c1cncs1)c1ncc(-c2ccc3ccccc3c2)[nH]1)c1ccc[nH]c1=S. The minimum atomic E-state index is -0.447. The molecule has 0 aliphatic carbocycles. The first-order valence-corrected chi connectivity index (χ1v) is 13.5. The lowest BCUT2D eigenvalue weighted by atomic mass is 10.1. The number of nitrogens with zero attached hydrogens (tertiary/aromatic N) is 3. The number of imidazole rings is 1. The molecule has 0 aliphatic rings. The number of unbranched alkanes of at least 4 members (excludes halogenated alkanes) is 1. The van der Waals surface area contributed by atoms with Crippen LogP contribution < -0.4 is 10.4 Å². The van der Waals surface area contributed by atoms with Gasteiger partial charge >= 0.3 is 0 Å². The molecule has 0 fully saturated rings. The number of hydrogen-bond donors (Lipinski definition) is 3. The van der Waals surface area contributed by atoms with E-state index >= 15 is 0 Å². The molecule has 1 unspecified atom stereocenters. The van der Waals surface area contributed by atoms with Crippen molar-refractivity contribution in [2.45, 2.75) is 25.3 Å². The van der Waals surface area contributed by atoms with Crippen molar-refractivity contribution in [2.24, 2.45) is 4.99 Å². The number of hydrogen-bond acceptors (Lipinski definition) is 7. The number of nitrogens with one attached hydrogen (secondary N) is 3. The van der Waals surface area contributed by atoms with Gasteiger partial charge in [-0.1, -0.05) is 48.6 Å². The van der Waals surface area contributed by atoms with Gasteiger partial charge in [-0.05, 0) is 48.2 Å². The summed E-state index contributed by atoms with van der Waals surface area (Å²) in [6.45, 7) is 0.485. The number of rotatable bonds is 10. The third-order valence-electron chi connectivity index (χ3n) is 6.14. The minimum absolute atomic E-state index is 0.209. The summed E-state index contributed by atoms with van der Waals surface area (Å²) in [6, 6.07) is 17.4. The highest BCUT2D eigenvalue weighted by molar-refractivity contribution is 7.71. The van der Waals surface area contributed by atoms with Gasteiger partial charge in [-0.2, -0.15) is 0 Å². The van der Waals surface area contributed by atoms with Crippen molar-refractivity contribution in [3.63, 3.8) is 0 Å². The van der Waals surface area contributed by atoms with E-state index in [0.717, 1.165) is 23.1 Å². The van der Waals surface area contributed by atoms with E-state index in [0.29, 0.717) is 40.3 Å². The molecule has 3 heterocycles. The van der Waals surface area contributed by atoms with Crippen LogP contribution in [0.5, 0.6) is 0 Å². The highest BCUT2D eigenvalue weighted by Gasteiger charge is 2.16. The molecule has 5 rings (SSSR count). The maximum absolute atomic E-state index is 12.8. The second-order valence-electron chi connectivity index (χ2n) is 8.72. The van der Waals surface area contributed by atoms with Gasteiger partial charge in [0.1, 0.15) is 16.5 Å². The number of pyridine rings is 1. The summed E-state index contributed by atoms with van der Waals surface area (Å²) < 4.78 is 0.408. The van der Waals surface area contributed by atoms with Crippen LogP contribution in [0.2, 0.25) is 0 Å². The Kier molecular flexibility index (Phi) is 8.01.